The summed E-state index contributed by atoms with van der Waals surface area (Å²) in [6, 6.07) is 11.5. The highest BCUT2D eigenvalue weighted by Crippen LogP contribution is 2.28. The molecule has 12 nitrogen and oxygen atoms in total. The van der Waals surface area contributed by atoms with Crippen molar-refractivity contribution in [3.8, 4) is 11.4 Å². The van der Waals surface area contributed by atoms with E-state index in [1.165, 1.54) is 4.90 Å². The number of carbonyl (C=O) groups excluding carboxylic acids is 3. The molecule has 1 aromatic heterocycles. The molecule has 3 amide bonds. The molecular formula is C25H25N5O7. The summed E-state index contributed by atoms with van der Waals surface area (Å²) in [5, 5.41) is 16.8. The van der Waals surface area contributed by atoms with Crippen molar-refractivity contribution in [2.75, 3.05) is 36.5 Å². The number of anilines is 2. The van der Waals surface area contributed by atoms with Gasteiger partial charge >= 0.3 is 5.76 Å². The van der Waals surface area contributed by atoms with Gasteiger partial charge in [0.05, 0.1) is 6.61 Å². The monoisotopic (exact) mass is 507 g/mol. The summed E-state index contributed by atoms with van der Waals surface area (Å²) in [4.78, 5) is 55.5. The van der Waals surface area contributed by atoms with Gasteiger partial charge in [-0.05, 0) is 55.3 Å². The number of nitrogens with one attached hydrogen (secondary N) is 2. The second-order valence-corrected chi connectivity index (χ2v) is 8.83. The molecule has 3 N–H and O–H groups in total. The first kappa shape index (κ1) is 24.4. The van der Waals surface area contributed by atoms with Gasteiger partial charge in [0.25, 0.3) is 17.7 Å². The molecule has 2 atom stereocenters. The molecule has 3 aromatic rings. The summed E-state index contributed by atoms with van der Waals surface area (Å²) in [5.41, 5.74) is 2.62. The van der Waals surface area contributed by atoms with Crippen LogP contribution in [-0.4, -0.2) is 76.3 Å². The molecular weight excluding hydrogens is 482 g/mol. The highest BCUT2D eigenvalue weighted by molar-refractivity contribution is 6.05. The lowest BCUT2D eigenvalue weighted by atomic mass is 10.0. The van der Waals surface area contributed by atoms with Crippen molar-refractivity contribution in [1.29, 1.82) is 0 Å². The molecule has 2 aliphatic heterocycles. The van der Waals surface area contributed by atoms with Crippen molar-refractivity contribution in [2.24, 2.45) is 0 Å². The third-order valence-electron chi connectivity index (χ3n) is 6.51. The van der Waals surface area contributed by atoms with E-state index in [0.717, 1.165) is 6.42 Å². The molecule has 12 heteroatoms. The molecule has 0 aliphatic carbocycles. The molecule has 2 aromatic carbocycles. The number of hydrogen-bond acceptors (Lipinski definition) is 8. The quantitative estimate of drug-likeness (QED) is 0.444. The lowest BCUT2D eigenvalue weighted by molar-refractivity contribution is -0.150. The number of carbonyl (C=O) groups is 3. The van der Waals surface area contributed by atoms with Crippen LogP contribution < -0.4 is 16.0 Å². The zero-order valence-electron chi connectivity index (χ0n) is 20.0. The number of morpholine rings is 1. The summed E-state index contributed by atoms with van der Waals surface area (Å²) in [6.07, 6.45) is -2.21. The van der Waals surface area contributed by atoms with Crippen LogP contribution in [0.1, 0.15) is 22.3 Å². The molecule has 2 fully saturated rings. The highest BCUT2D eigenvalue weighted by atomic mass is 16.5. The largest absolute Gasteiger partial charge is 0.439 e. The average molecular weight is 508 g/mol. The van der Waals surface area contributed by atoms with Crippen molar-refractivity contribution in [3.05, 3.63) is 64.1 Å². The molecule has 37 heavy (non-hydrogen) atoms. The maximum absolute atomic E-state index is 13.3. The molecule has 0 radical (unpaired) electrons. The van der Waals surface area contributed by atoms with Crippen molar-refractivity contribution >= 4 is 29.1 Å². The fourth-order valence-corrected chi connectivity index (χ4v) is 4.33. The number of aliphatic hydroxyl groups excluding tert-OH is 1. The van der Waals surface area contributed by atoms with Gasteiger partial charge in [-0.1, -0.05) is 11.2 Å². The Balaban J connectivity index is 1.28. The van der Waals surface area contributed by atoms with Crippen LogP contribution in [0, 0.1) is 6.92 Å². The van der Waals surface area contributed by atoms with Gasteiger partial charge in [-0.15, -0.1) is 0 Å². The first-order chi connectivity index (χ1) is 17.8. The zero-order valence-corrected chi connectivity index (χ0v) is 20.0. The fraction of sp³-hybridized carbons (Fsp3) is 0.320. The number of aliphatic hydroxyl groups is 1. The summed E-state index contributed by atoms with van der Waals surface area (Å²) in [7, 11) is 0. The fourth-order valence-electron chi connectivity index (χ4n) is 4.33. The molecule has 5 rings (SSSR count). The predicted octanol–water partition coefficient (Wildman–Crippen LogP) is 0.916. The number of rotatable bonds is 6. The van der Waals surface area contributed by atoms with Crippen LogP contribution >= 0.6 is 0 Å². The number of nitrogens with zero attached hydrogens (tertiary/aromatic N) is 3. The lowest BCUT2D eigenvalue weighted by Gasteiger charge is -2.36. The van der Waals surface area contributed by atoms with Crippen LogP contribution in [0.2, 0.25) is 0 Å². The Morgan fingerprint density at radius 1 is 1.14 bits per heavy atom. The van der Waals surface area contributed by atoms with E-state index in [1.54, 1.807) is 54.3 Å². The molecule has 0 bridgehead atoms. The lowest BCUT2D eigenvalue weighted by Crippen LogP contribution is -2.55. The van der Waals surface area contributed by atoms with Gasteiger partial charge in [0.2, 0.25) is 0 Å². The van der Waals surface area contributed by atoms with Crippen molar-refractivity contribution in [1.82, 2.24) is 15.0 Å². The molecule has 0 spiro atoms. The number of ether oxygens (including phenoxy) is 1. The van der Waals surface area contributed by atoms with Crippen molar-refractivity contribution in [3.63, 3.8) is 0 Å². The number of benzene rings is 2. The van der Waals surface area contributed by atoms with Gasteiger partial charge < -0.3 is 25.0 Å². The topological polar surface area (TPSA) is 158 Å². The molecule has 3 heterocycles. The first-order valence-corrected chi connectivity index (χ1v) is 11.8. The minimum Gasteiger partial charge on any atom is -0.380 e. The Kier molecular flexibility index (Phi) is 6.59. The van der Waals surface area contributed by atoms with Gasteiger partial charge in [-0.25, -0.2) is 4.79 Å². The Labute approximate surface area is 210 Å². The van der Waals surface area contributed by atoms with E-state index >= 15 is 0 Å². The van der Waals surface area contributed by atoms with E-state index in [9.17, 15) is 24.3 Å². The van der Waals surface area contributed by atoms with Crippen LogP contribution in [0.4, 0.5) is 11.4 Å². The van der Waals surface area contributed by atoms with Gasteiger partial charge in [-0.3, -0.25) is 23.9 Å². The second-order valence-electron chi connectivity index (χ2n) is 8.83. The van der Waals surface area contributed by atoms with Gasteiger partial charge in [0.15, 0.2) is 18.0 Å². The Hall–Kier alpha value is -4.29. The van der Waals surface area contributed by atoms with Crippen molar-refractivity contribution < 1.29 is 28.8 Å². The third kappa shape index (κ3) is 4.76. The van der Waals surface area contributed by atoms with E-state index in [4.69, 9.17) is 4.74 Å². The number of amides is 3. The van der Waals surface area contributed by atoms with Gasteiger partial charge in [0, 0.05) is 42.1 Å². The van der Waals surface area contributed by atoms with E-state index in [-0.39, 0.29) is 24.9 Å². The third-order valence-corrected chi connectivity index (χ3v) is 6.51. The SMILES string of the molecule is Cc1c(C(=O)N2CCC2)cccc1N1CCO[C@H]([C@@H](O)C(=O)Nc2ccc(-c3noc(=O)[nH]3)cc2)C1=O. The number of H-pyrrole nitrogens is 1. The number of aromatic amines is 1. The summed E-state index contributed by atoms with van der Waals surface area (Å²) in [5.74, 6) is -1.93. The molecule has 0 saturated carbocycles. The zero-order chi connectivity index (χ0) is 26.1. The standard InChI is InChI=1S/C25H25N5O7/c1-14-17(23(33)29-10-3-11-29)4-2-5-18(14)30-12-13-36-20(24(30)34)19(31)22(32)26-16-8-6-15(7-9-16)21-27-25(35)37-28-21/h2,4-9,19-20,31H,3,10-13H2,1H3,(H,26,32)(H,27,28,35)/t19-,20-/m1/s1. The van der Waals surface area contributed by atoms with Gasteiger partial charge in [-0.2, -0.15) is 0 Å². The maximum atomic E-state index is 13.3. The summed E-state index contributed by atoms with van der Waals surface area (Å²) >= 11 is 0. The number of likely N-dealkylation sites (tertiary alicyclic amines) is 1. The maximum Gasteiger partial charge on any atom is 0.439 e. The van der Waals surface area contributed by atoms with Crippen LogP contribution in [0.3, 0.4) is 0 Å². The van der Waals surface area contributed by atoms with Crippen LogP contribution in [-0.2, 0) is 14.3 Å². The normalized spacial score (nSPS) is 18.3. The highest BCUT2D eigenvalue weighted by Gasteiger charge is 2.40. The Bertz CT molecular complexity index is 1390. The predicted molar refractivity (Wildman–Crippen MR) is 131 cm³/mol. The first-order valence-electron chi connectivity index (χ1n) is 11.8. The molecule has 192 valence electrons. The average Bonchev–Trinajstić information content (AvgIpc) is 3.29. The molecule has 2 aliphatic rings. The van der Waals surface area contributed by atoms with E-state index in [2.05, 4.69) is 20.0 Å². The van der Waals surface area contributed by atoms with Crippen LogP contribution in [0.5, 0.6) is 0 Å². The van der Waals surface area contributed by atoms with E-state index in [0.29, 0.717) is 41.2 Å². The van der Waals surface area contributed by atoms with Crippen LogP contribution in [0.25, 0.3) is 11.4 Å². The van der Waals surface area contributed by atoms with Gasteiger partial charge in [0.1, 0.15) is 0 Å². The second kappa shape index (κ2) is 9.99. The minimum absolute atomic E-state index is 0.0804. The number of hydrogen-bond donors (Lipinski definition) is 3. The van der Waals surface area contributed by atoms with Crippen molar-refractivity contribution in [2.45, 2.75) is 25.6 Å². The summed E-state index contributed by atoms with van der Waals surface area (Å²) < 4.78 is 9.97. The van der Waals surface area contributed by atoms with E-state index in [1.807, 2.05) is 0 Å². The smallest absolute Gasteiger partial charge is 0.380 e. The minimum atomic E-state index is -1.77. The molecule has 0 unspecified atom stereocenters. The van der Waals surface area contributed by atoms with E-state index < -0.39 is 29.8 Å². The van der Waals surface area contributed by atoms with Crippen LogP contribution in [0.15, 0.2) is 51.8 Å². The Morgan fingerprint density at radius 3 is 2.54 bits per heavy atom. The summed E-state index contributed by atoms with van der Waals surface area (Å²) in [6.45, 7) is 3.53. The molecule has 2 saturated heterocycles. The Morgan fingerprint density at radius 2 is 1.89 bits per heavy atom. The number of aromatic nitrogens is 2.